The summed E-state index contributed by atoms with van der Waals surface area (Å²) in [4.78, 5) is 18.3. The summed E-state index contributed by atoms with van der Waals surface area (Å²) in [5.41, 5.74) is 1.79. The molecule has 0 spiro atoms. The lowest BCUT2D eigenvalue weighted by molar-refractivity contribution is 0.415. The molecule has 6 nitrogen and oxygen atoms in total. The fourth-order valence-corrected chi connectivity index (χ4v) is 4.18. The number of aromatic nitrogens is 2. The smallest absolute Gasteiger partial charge is 0.282 e. The van der Waals surface area contributed by atoms with E-state index in [-0.39, 0.29) is 5.56 Å². The summed E-state index contributed by atoms with van der Waals surface area (Å²) in [6.45, 7) is 0. The van der Waals surface area contributed by atoms with Crippen molar-refractivity contribution in [1.29, 1.82) is 0 Å². The largest absolute Gasteiger partial charge is 0.496 e. The molecular weight excluding hydrogens is 426 g/mol. The van der Waals surface area contributed by atoms with Crippen LogP contribution in [0.4, 0.5) is 0 Å². The van der Waals surface area contributed by atoms with Gasteiger partial charge in [-0.1, -0.05) is 60.7 Å². The molecule has 0 fully saturated rings. The van der Waals surface area contributed by atoms with E-state index >= 15 is 0 Å². The Morgan fingerprint density at radius 2 is 1.62 bits per heavy atom. The monoisotopic (exact) mass is 445 g/mol. The summed E-state index contributed by atoms with van der Waals surface area (Å²) in [6, 6.07) is 28.6. The number of methoxy groups -OCH3 is 1. The molecule has 6 heteroatoms. The van der Waals surface area contributed by atoms with Gasteiger partial charge in [0.15, 0.2) is 5.76 Å². The number of benzene rings is 4. The zero-order valence-electron chi connectivity index (χ0n) is 18.3. The van der Waals surface area contributed by atoms with Crippen LogP contribution in [0, 0.1) is 0 Å². The minimum Gasteiger partial charge on any atom is -0.496 e. The molecule has 6 aromatic rings. The number of ether oxygens (including phenoxy) is 1. The van der Waals surface area contributed by atoms with Gasteiger partial charge in [-0.25, -0.2) is 4.98 Å². The van der Waals surface area contributed by atoms with Crippen molar-refractivity contribution in [1.82, 2.24) is 9.66 Å². The molecule has 6 rings (SSSR count). The Bertz CT molecular complexity index is 1750. The van der Waals surface area contributed by atoms with Gasteiger partial charge < -0.3 is 9.15 Å². The maximum atomic E-state index is 13.5. The Morgan fingerprint density at radius 3 is 2.44 bits per heavy atom. The molecule has 0 aliphatic rings. The molecule has 0 radical (unpaired) electrons. The lowest BCUT2D eigenvalue weighted by Crippen LogP contribution is -2.20. The van der Waals surface area contributed by atoms with Gasteiger partial charge in [-0.2, -0.15) is 9.78 Å². The molecule has 0 aliphatic heterocycles. The number of furan rings is 1. The molecule has 0 unspecified atom stereocenters. The Balaban J connectivity index is 1.61. The normalized spacial score (nSPS) is 11.7. The van der Waals surface area contributed by atoms with Gasteiger partial charge in [0.1, 0.15) is 11.3 Å². The first kappa shape index (κ1) is 19.9. The number of rotatable bonds is 4. The third kappa shape index (κ3) is 3.24. The van der Waals surface area contributed by atoms with Crippen LogP contribution in [0.5, 0.6) is 5.75 Å². The van der Waals surface area contributed by atoms with Gasteiger partial charge in [-0.15, -0.1) is 0 Å². The van der Waals surface area contributed by atoms with Crippen LogP contribution in [0.3, 0.4) is 0 Å². The number of fused-ring (bicyclic) bond motifs is 3. The molecule has 0 saturated heterocycles. The highest BCUT2D eigenvalue weighted by Gasteiger charge is 2.16. The number of hydrogen-bond acceptors (Lipinski definition) is 5. The van der Waals surface area contributed by atoms with Gasteiger partial charge >= 0.3 is 0 Å². The summed E-state index contributed by atoms with van der Waals surface area (Å²) in [6.07, 6.45) is 1.64. The molecule has 0 aliphatic carbocycles. The van der Waals surface area contributed by atoms with E-state index in [2.05, 4.69) is 5.10 Å². The molecule has 0 amide bonds. The molecule has 0 bridgehead atoms. The molecule has 0 N–H and O–H groups in total. The standard InChI is InChI=1S/C28H19N3O3/c1-33-25-15-14-18-8-2-4-10-20(18)22(25)17-29-31-27(26-16-19-9-3-7-13-24(19)34-26)30-23-12-6-5-11-21(23)28(31)32/h2-17H,1H3. The zero-order chi connectivity index (χ0) is 23.1. The summed E-state index contributed by atoms with van der Waals surface area (Å²) in [5, 5.41) is 8.02. The van der Waals surface area contributed by atoms with E-state index in [1.807, 2.05) is 84.9 Å². The van der Waals surface area contributed by atoms with Crippen molar-refractivity contribution in [3.63, 3.8) is 0 Å². The van der Waals surface area contributed by atoms with Crippen molar-refractivity contribution >= 4 is 38.9 Å². The second kappa shape index (κ2) is 8.01. The van der Waals surface area contributed by atoms with Crippen LogP contribution in [0.25, 0.3) is 44.2 Å². The summed E-state index contributed by atoms with van der Waals surface area (Å²) < 4.78 is 12.9. The van der Waals surface area contributed by atoms with Crippen LogP contribution in [0.2, 0.25) is 0 Å². The highest BCUT2D eigenvalue weighted by Crippen LogP contribution is 2.28. The molecule has 34 heavy (non-hydrogen) atoms. The van der Waals surface area contributed by atoms with Crippen molar-refractivity contribution < 1.29 is 9.15 Å². The molecule has 0 atom stereocenters. The molecular formula is C28H19N3O3. The van der Waals surface area contributed by atoms with E-state index in [1.54, 1.807) is 19.4 Å². The zero-order valence-corrected chi connectivity index (χ0v) is 18.3. The molecule has 4 aromatic carbocycles. The fraction of sp³-hybridized carbons (Fsp3) is 0.0357. The predicted octanol–water partition coefficient (Wildman–Crippen LogP) is 5.85. The molecule has 0 saturated carbocycles. The van der Waals surface area contributed by atoms with Crippen LogP contribution in [-0.4, -0.2) is 23.0 Å². The maximum Gasteiger partial charge on any atom is 0.282 e. The Labute approximate surface area is 194 Å². The lowest BCUT2D eigenvalue weighted by atomic mass is 10.0. The van der Waals surface area contributed by atoms with Crippen LogP contribution >= 0.6 is 0 Å². The predicted molar refractivity (Wildman–Crippen MR) is 135 cm³/mol. The first-order chi connectivity index (χ1) is 16.7. The van der Waals surface area contributed by atoms with Crippen LogP contribution < -0.4 is 10.3 Å². The van der Waals surface area contributed by atoms with Gasteiger partial charge in [0, 0.05) is 10.9 Å². The van der Waals surface area contributed by atoms with Gasteiger partial charge in [0.05, 0.1) is 24.2 Å². The van der Waals surface area contributed by atoms with E-state index in [9.17, 15) is 4.79 Å². The van der Waals surface area contributed by atoms with Crippen LogP contribution in [0.15, 0.2) is 105 Å². The lowest BCUT2D eigenvalue weighted by Gasteiger charge is -2.10. The van der Waals surface area contributed by atoms with E-state index in [0.29, 0.717) is 33.8 Å². The van der Waals surface area contributed by atoms with E-state index in [0.717, 1.165) is 21.7 Å². The molecule has 164 valence electrons. The minimum atomic E-state index is -0.281. The third-order valence-corrected chi connectivity index (χ3v) is 5.85. The van der Waals surface area contributed by atoms with Crippen molar-refractivity contribution in [2.24, 2.45) is 5.10 Å². The Kier molecular flexibility index (Phi) is 4.70. The summed E-state index contributed by atoms with van der Waals surface area (Å²) in [7, 11) is 1.62. The number of hydrogen-bond donors (Lipinski definition) is 0. The quantitative estimate of drug-likeness (QED) is 0.319. The van der Waals surface area contributed by atoms with E-state index in [4.69, 9.17) is 14.1 Å². The molecule has 2 heterocycles. The van der Waals surface area contributed by atoms with Gasteiger partial charge in [0.25, 0.3) is 5.56 Å². The minimum absolute atomic E-state index is 0.281. The van der Waals surface area contributed by atoms with Crippen molar-refractivity contribution in [3.8, 4) is 17.3 Å². The van der Waals surface area contributed by atoms with Gasteiger partial charge in [0.2, 0.25) is 5.82 Å². The maximum absolute atomic E-state index is 13.5. The SMILES string of the molecule is COc1ccc2ccccc2c1C=Nn1c(-c2cc3ccccc3o2)nc2ccccc2c1=O. The highest BCUT2D eigenvalue weighted by atomic mass is 16.5. The third-order valence-electron chi connectivity index (χ3n) is 5.85. The molecule has 2 aromatic heterocycles. The van der Waals surface area contributed by atoms with Crippen molar-refractivity contribution in [2.75, 3.05) is 7.11 Å². The first-order valence-electron chi connectivity index (χ1n) is 10.8. The first-order valence-corrected chi connectivity index (χ1v) is 10.8. The van der Waals surface area contributed by atoms with Crippen LogP contribution in [-0.2, 0) is 0 Å². The van der Waals surface area contributed by atoms with Crippen molar-refractivity contribution in [2.45, 2.75) is 0 Å². The topological polar surface area (TPSA) is 69.6 Å². The Hall–Kier alpha value is -4.71. The fourth-order valence-electron chi connectivity index (χ4n) is 4.18. The van der Waals surface area contributed by atoms with Crippen LogP contribution in [0.1, 0.15) is 5.56 Å². The second-order valence-corrected chi connectivity index (χ2v) is 7.87. The number of nitrogens with zero attached hydrogens (tertiary/aromatic N) is 3. The average molecular weight is 445 g/mol. The van der Waals surface area contributed by atoms with Gasteiger partial charge in [-0.3, -0.25) is 4.79 Å². The van der Waals surface area contributed by atoms with E-state index < -0.39 is 0 Å². The Morgan fingerprint density at radius 1 is 0.882 bits per heavy atom. The number of para-hydroxylation sites is 2. The van der Waals surface area contributed by atoms with E-state index in [1.165, 1.54) is 4.68 Å². The second-order valence-electron chi connectivity index (χ2n) is 7.87. The van der Waals surface area contributed by atoms with Gasteiger partial charge in [-0.05, 0) is 41.1 Å². The summed E-state index contributed by atoms with van der Waals surface area (Å²) in [5.74, 6) is 1.45. The summed E-state index contributed by atoms with van der Waals surface area (Å²) >= 11 is 0. The average Bonchev–Trinajstić information content (AvgIpc) is 3.32. The van der Waals surface area contributed by atoms with Crippen molar-refractivity contribution in [3.05, 3.63) is 107 Å². The highest BCUT2D eigenvalue weighted by molar-refractivity contribution is 6.02.